The van der Waals surface area contributed by atoms with Gasteiger partial charge in [0.2, 0.25) is 10.0 Å². The topological polar surface area (TPSA) is 88.9 Å². The Kier molecular flexibility index (Phi) is 4.97. The molecular formula is C16H16F3N3O2S. The van der Waals surface area contributed by atoms with Gasteiger partial charge in [-0.3, -0.25) is 0 Å². The molecule has 1 aromatic carbocycles. The summed E-state index contributed by atoms with van der Waals surface area (Å²) in [4.78, 5) is 0. The first-order chi connectivity index (χ1) is 11.4. The molecule has 25 heavy (non-hydrogen) atoms. The number of aromatic nitrogens is 1. The van der Waals surface area contributed by atoms with Crippen LogP contribution in [0.1, 0.15) is 23.7 Å². The summed E-state index contributed by atoms with van der Waals surface area (Å²) in [6.07, 6.45) is -4.76. The fourth-order valence-corrected chi connectivity index (χ4v) is 2.94. The van der Waals surface area contributed by atoms with Gasteiger partial charge in [-0.15, -0.1) is 0 Å². The van der Waals surface area contributed by atoms with E-state index in [2.05, 4.69) is 0 Å². The summed E-state index contributed by atoms with van der Waals surface area (Å²) >= 11 is 0. The Balaban J connectivity index is 2.56. The smallest absolute Gasteiger partial charge is 0.335 e. The average Bonchev–Trinajstić information content (AvgIpc) is 2.86. The van der Waals surface area contributed by atoms with Crippen molar-refractivity contribution < 1.29 is 21.6 Å². The van der Waals surface area contributed by atoms with Gasteiger partial charge in [-0.1, -0.05) is 12.1 Å². The van der Waals surface area contributed by atoms with Crippen LogP contribution in [0, 0.1) is 11.3 Å². The van der Waals surface area contributed by atoms with E-state index < -0.39 is 27.0 Å². The van der Waals surface area contributed by atoms with Crippen LogP contribution >= 0.6 is 0 Å². The molecule has 1 unspecified atom stereocenters. The Morgan fingerprint density at radius 2 is 1.92 bits per heavy atom. The largest absolute Gasteiger partial charge is 0.417 e. The van der Waals surface area contributed by atoms with Gasteiger partial charge in [0.25, 0.3) is 0 Å². The van der Waals surface area contributed by atoms with Gasteiger partial charge < -0.3 is 4.57 Å². The number of hydrogen-bond acceptors (Lipinski definition) is 3. The van der Waals surface area contributed by atoms with Crippen molar-refractivity contribution in [3.8, 4) is 17.3 Å². The van der Waals surface area contributed by atoms with E-state index in [1.165, 1.54) is 42.8 Å². The molecule has 9 heteroatoms. The van der Waals surface area contributed by atoms with Gasteiger partial charge in [0.1, 0.15) is 11.8 Å². The van der Waals surface area contributed by atoms with Gasteiger partial charge >= 0.3 is 6.18 Å². The Hall–Kier alpha value is -2.31. The number of primary sulfonamides is 1. The van der Waals surface area contributed by atoms with Crippen LogP contribution in [0.15, 0.2) is 30.3 Å². The molecule has 0 amide bonds. The number of alkyl halides is 3. The highest BCUT2D eigenvalue weighted by molar-refractivity contribution is 7.89. The number of benzene rings is 1. The second-order valence-electron chi connectivity index (χ2n) is 5.76. The SMILES string of the molecule is CC(Cc1ccc(-c2ccc(C#N)n2C)c(C(F)(F)F)c1)S(N)(=O)=O. The van der Waals surface area contributed by atoms with Crippen LogP contribution in [0.5, 0.6) is 0 Å². The Bertz CT molecular complexity index is 941. The molecule has 0 radical (unpaired) electrons. The molecule has 0 saturated heterocycles. The van der Waals surface area contributed by atoms with E-state index in [-0.39, 0.29) is 28.9 Å². The highest BCUT2D eigenvalue weighted by Crippen LogP contribution is 2.38. The van der Waals surface area contributed by atoms with Crippen LogP contribution < -0.4 is 5.14 Å². The normalized spacial score (nSPS) is 13.5. The fraction of sp³-hybridized carbons (Fsp3) is 0.312. The van der Waals surface area contributed by atoms with Crippen molar-refractivity contribution >= 4 is 10.0 Å². The maximum Gasteiger partial charge on any atom is 0.417 e. The monoisotopic (exact) mass is 371 g/mol. The molecule has 0 aliphatic heterocycles. The number of nitrogens with two attached hydrogens (primary N) is 1. The number of sulfonamides is 1. The molecule has 1 atom stereocenters. The van der Waals surface area contributed by atoms with E-state index in [0.717, 1.165) is 6.07 Å². The van der Waals surface area contributed by atoms with Gasteiger partial charge in [-0.05, 0) is 37.1 Å². The van der Waals surface area contributed by atoms with Crippen LogP contribution in [0.4, 0.5) is 13.2 Å². The fourth-order valence-electron chi connectivity index (χ4n) is 2.52. The summed E-state index contributed by atoms with van der Waals surface area (Å²) < 4.78 is 64.5. The quantitative estimate of drug-likeness (QED) is 0.896. The summed E-state index contributed by atoms with van der Waals surface area (Å²) in [5.74, 6) is 0. The zero-order valence-corrected chi connectivity index (χ0v) is 14.3. The molecule has 1 heterocycles. The highest BCUT2D eigenvalue weighted by Gasteiger charge is 2.35. The first-order valence-corrected chi connectivity index (χ1v) is 8.84. The lowest BCUT2D eigenvalue weighted by atomic mass is 9.99. The van der Waals surface area contributed by atoms with Crippen molar-refractivity contribution in [1.29, 1.82) is 5.26 Å². The number of rotatable bonds is 4. The van der Waals surface area contributed by atoms with E-state index in [1.807, 2.05) is 6.07 Å². The molecule has 1 aromatic heterocycles. The number of hydrogen-bond donors (Lipinski definition) is 1. The lowest BCUT2D eigenvalue weighted by molar-refractivity contribution is -0.137. The van der Waals surface area contributed by atoms with Gasteiger partial charge in [0.05, 0.1) is 10.8 Å². The van der Waals surface area contributed by atoms with Crippen LogP contribution in [0.2, 0.25) is 0 Å². The van der Waals surface area contributed by atoms with Gasteiger partial charge in [0.15, 0.2) is 0 Å². The zero-order chi connectivity index (χ0) is 19.0. The third-order valence-electron chi connectivity index (χ3n) is 3.99. The highest BCUT2D eigenvalue weighted by atomic mass is 32.2. The second kappa shape index (κ2) is 6.54. The maximum atomic E-state index is 13.5. The lowest BCUT2D eigenvalue weighted by Crippen LogP contribution is -2.27. The standard InChI is InChI=1S/C16H16F3N3O2S/c1-10(25(21,23)24)7-11-3-5-13(14(8-11)16(17,18)19)15-6-4-12(9-20)22(15)2/h3-6,8,10H,7H2,1-2H3,(H2,21,23,24). The Labute approximate surface area is 143 Å². The first-order valence-electron chi connectivity index (χ1n) is 7.23. The third kappa shape index (κ3) is 4.03. The summed E-state index contributed by atoms with van der Waals surface area (Å²) in [5.41, 5.74) is -0.280. The molecule has 0 saturated carbocycles. The predicted octanol–water partition coefficient (Wildman–Crippen LogP) is 2.80. The molecule has 2 aromatic rings. The lowest BCUT2D eigenvalue weighted by Gasteiger charge is -2.16. The molecule has 0 bridgehead atoms. The summed E-state index contributed by atoms with van der Waals surface area (Å²) in [6, 6.07) is 8.42. The van der Waals surface area contributed by atoms with Gasteiger partial charge in [0, 0.05) is 18.3 Å². The van der Waals surface area contributed by atoms with E-state index in [1.54, 1.807) is 0 Å². The van der Waals surface area contributed by atoms with Crippen molar-refractivity contribution in [1.82, 2.24) is 4.57 Å². The Morgan fingerprint density at radius 1 is 1.28 bits per heavy atom. The minimum atomic E-state index is -4.63. The number of nitriles is 1. The van der Waals surface area contributed by atoms with Crippen molar-refractivity contribution in [2.45, 2.75) is 24.8 Å². The maximum absolute atomic E-state index is 13.5. The van der Waals surface area contributed by atoms with Gasteiger partial charge in [-0.25, -0.2) is 13.6 Å². The minimum Gasteiger partial charge on any atom is -0.335 e. The van der Waals surface area contributed by atoms with Crippen LogP contribution in [-0.2, 0) is 29.7 Å². The first kappa shape index (κ1) is 19.0. The van der Waals surface area contributed by atoms with Crippen molar-refractivity contribution in [3.05, 3.63) is 47.2 Å². The van der Waals surface area contributed by atoms with E-state index >= 15 is 0 Å². The molecule has 0 aliphatic rings. The van der Waals surface area contributed by atoms with Crippen LogP contribution in [0.3, 0.4) is 0 Å². The molecule has 5 nitrogen and oxygen atoms in total. The summed E-state index contributed by atoms with van der Waals surface area (Å²) in [6.45, 7) is 1.34. The zero-order valence-electron chi connectivity index (χ0n) is 13.5. The predicted molar refractivity (Wildman–Crippen MR) is 86.8 cm³/mol. The van der Waals surface area contributed by atoms with Crippen molar-refractivity contribution in [3.63, 3.8) is 0 Å². The molecule has 2 rings (SSSR count). The van der Waals surface area contributed by atoms with Crippen LogP contribution in [0.25, 0.3) is 11.3 Å². The molecular weight excluding hydrogens is 355 g/mol. The summed E-state index contributed by atoms with van der Waals surface area (Å²) in [7, 11) is -2.33. The molecule has 2 N–H and O–H groups in total. The van der Waals surface area contributed by atoms with Crippen molar-refractivity contribution in [2.75, 3.05) is 0 Å². The van der Waals surface area contributed by atoms with E-state index in [0.29, 0.717) is 0 Å². The average molecular weight is 371 g/mol. The minimum absolute atomic E-state index is 0.0801. The second-order valence-corrected chi connectivity index (χ2v) is 7.74. The molecule has 0 fully saturated rings. The van der Waals surface area contributed by atoms with E-state index in [4.69, 9.17) is 10.4 Å². The Morgan fingerprint density at radius 3 is 2.40 bits per heavy atom. The van der Waals surface area contributed by atoms with Gasteiger partial charge in [-0.2, -0.15) is 18.4 Å². The number of halogens is 3. The van der Waals surface area contributed by atoms with E-state index in [9.17, 15) is 21.6 Å². The summed E-state index contributed by atoms with van der Waals surface area (Å²) in [5, 5.41) is 13.0. The van der Waals surface area contributed by atoms with Crippen LogP contribution in [-0.4, -0.2) is 18.2 Å². The molecule has 0 aliphatic carbocycles. The third-order valence-corrected chi connectivity index (χ3v) is 5.27. The molecule has 0 spiro atoms. The number of nitrogens with zero attached hydrogens (tertiary/aromatic N) is 2. The van der Waals surface area contributed by atoms with Crippen molar-refractivity contribution in [2.24, 2.45) is 12.2 Å². The molecule has 134 valence electrons.